The first-order valence-electron chi connectivity index (χ1n) is 16.1. The summed E-state index contributed by atoms with van der Waals surface area (Å²) in [6.45, 7) is 4.56. The van der Waals surface area contributed by atoms with Crippen molar-refractivity contribution >= 4 is 0 Å². The number of hydrogen-bond donors (Lipinski definition) is 0. The largest absolute Gasteiger partial charge is 0.367 e. The minimum atomic E-state index is 0.238. The van der Waals surface area contributed by atoms with Crippen molar-refractivity contribution in [2.24, 2.45) is 0 Å². The van der Waals surface area contributed by atoms with Crippen LogP contribution in [0, 0.1) is 24.7 Å². The first-order valence-corrected chi connectivity index (χ1v) is 16.1. The fraction of sp³-hybridized carbons (Fsp3) is 0.778. The molecule has 0 aliphatic carbocycles. The molecule has 212 valence electrons. The van der Waals surface area contributed by atoms with Gasteiger partial charge in [0.05, 0.1) is 12.2 Å². The summed E-state index contributed by atoms with van der Waals surface area (Å²) in [6.07, 6.45) is 50.3. The van der Waals surface area contributed by atoms with Crippen molar-refractivity contribution in [3.05, 3.63) is 24.3 Å². The monoisotopic (exact) mass is 510 g/mol. The molecule has 0 rings (SSSR count). The lowest BCUT2D eigenvalue weighted by molar-refractivity contribution is 0.0292. The minimum absolute atomic E-state index is 0.238. The van der Waals surface area contributed by atoms with Gasteiger partial charge in [-0.2, -0.15) is 0 Å². The van der Waals surface area contributed by atoms with Gasteiger partial charge < -0.3 is 4.74 Å². The van der Waals surface area contributed by atoms with E-state index >= 15 is 0 Å². The smallest absolute Gasteiger partial charge is 0.0763 e. The molecular formula is C36H62O. The number of hydrogen-bond acceptors (Lipinski definition) is 1. The predicted molar refractivity (Wildman–Crippen MR) is 167 cm³/mol. The second kappa shape index (κ2) is 30.8. The lowest BCUT2D eigenvalue weighted by Crippen LogP contribution is -2.19. The molecule has 0 bridgehead atoms. The van der Waals surface area contributed by atoms with E-state index in [0.717, 1.165) is 25.7 Å². The Bertz CT molecular complexity index is 535. The van der Waals surface area contributed by atoms with Crippen molar-refractivity contribution in [3.8, 4) is 24.7 Å². The zero-order valence-electron chi connectivity index (χ0n) is 25.0. The second-order valence-corrected chi connectivity index (χ2v) is 10.8. The Balaban J connectivity index is 4.82. The van der Waals surface area contributed by atoms with Gasteiger partial charge in [0.15, 0.2) is 0 Å². The molecule has 0 N–H and O–H groups in total. The molecule has 1 nitrogen and oxygen atoms in total. The van der Waals surface area contributed by atoms with Crippen LogP contribution in [0.5, 0.6) is 0 Å². The average Bonchev–Trinajstić information content (AvgIpc) is 2.91. The van der Waals surface area contributed by atoms with Gasteiger partial charge in [-0.25, -0.2) is 0 Å². The molecule has 0 radical (unpaired) electrons. The van der Waals surface area contributed by atoms with Gasteiger partial charge in [0.2, 0.25) is 0 Å². The zero-order chi connectivity index (χ0) is 27.1. The van der Waals surface area contributed by atoms with E-state index in [1.165, 1.54) is 128 Å². The molecule has 0 saturated carbocycles. The van der Waals surface area contributed by atoms with Gasteiger partial charge in [0.25, 0.3) is 0 Å². The van der Waals surface area contributed by atoms with E-state index < -0.39 is 0 Å². The second-order valence-electron chi connectivity index (χ2n) is 10.8. The average molecular weight is 511 g/mol. The Morgan fingerprint density at radius 2 is 0.892 bits per heavy atom. The molecule has 0 aromatic heterocycles. The minimum Gasteiger partial charge on any atom is -0.367 e. The normalized spacial score (nSPS) is 13.2. The summed E-state index contributed by atoms with van der Waals surface area (Å²) in [5.41, 5.74) is 0. The van der Waals surface area contributed by atoms with E-state index in [1.54, 1.807) is 0 Å². The molecule has 0 aromatic carbocycles. The summed E-state index contributed by atoms with van der Waals surface area (Å²) < 4.78 is 6.77. The van der Waals surface area contributed by atoms with Crippen LogP contribution in [0.2, 0.25) is 0 Å². The van der Waals surface area contributed by atoms with Crippen LogP contribution in [-0.4, -0.2) is 12.2 Å². The Hall–Kier alpha value is -1.44. The third-order valence-corrected chi connectivity index (χ3v) is 7.12. The number of ether oxygens (including phenoxy) is 1. The Morgan fingerprint density at radius 3 is 1.30 bits per heavy atom. The van der Waals surface area contributed by atoms with Crippen LogP contribution in [0.3, 0.4) is 0 Å². The SMILES string of the molecule is C#CCCCCCCCC(/C=C/CCCCCC)OC(/C=C/CCCCCC)CCCCCCCC#C. The molecule has 0 aliphatic rings. The summed E-state index contributed by atoms with van der Waals surface area (Å²) in [6, 6.07) is 0. The van der Waals surface area contributed by atoms with Crippen LogP contribution < -0.4 is 0 Å². The number of unbranched alkanes of at least 4 members (excludes halogenated alkanes) is 18. The Kier molecular flexibility index (Phi) is 29.6. The molecule has 0 amide bonds. The lowest BCUT2D eigenvalue weighted by Gasteiger charge is -2.21. The van der Waals surface area contributed by atoms with Crippen LogP contribution in [0.15, 0.2) is 24.3 Å². The van der Waals surface area contributed by atoms with Crippen LogP contribution in [0.25, 0.3) is 0 Å². The summed E-state index contributed by atoms with van der Waals surface area (Å²) in [4.78, 5) is 0. The van der Waals surface area contributed by atoms with E-state index in [2.05, 4.69) is 50.0 Å². The van der Waals surface area contributed by atoms with E-state index in [1.807, 2.05) is 0 Å². The van der Waals surface area contributed by atoms with E-state index in [-0.39, 0.29) is 12.2 Å². The number of rotatable bonds is 28. The molecule has 1 heteroatoms. The van der Waals surface area contributed by atoms with Crippen LogP contribution in [0.4, 0.5) is 0 Å². The Labute approximate surface area is 233 Å². The third-order valence-electron chi connectivity index (χ3n) is 7.12. The first kappa shape index (κ1) is 35.6. The van der Waals surface area contributed by atoms with Crippen molar-refractivity contribution in [1.82, 2.24) is 0 Å². The van der Waals surface area contributed by atoms with Gasteiger partial charge in [0, 0.05) is 12.8 Å². The van der Waals surface area contributed by atoms with Crippen LogP contribution in [-0.2, 0) is 4.74 Å². The molecular weight excluding hydrogens is 448 g/mol. The molecule has 37 heavy (non-hydrogen) atoms. The topological polar surface area (TPSA) is 9.23 Å². The predicted octanol–water partition coefficient (Wildman–Crippen LogP) is 11.5. The van der Waals surface area contributed by atoms with Crippen molar-refractivity contribution in [2.75, 3.05) is 0 Å². The lowest BCUT2D eigenvalue weighted by atomic mass is 10.0. The highest BCUT2D eigenvalue weighted by molar-refractivity contribution is 4.95. The van der Waals surface area contributed by atoms with Crippen molar-refractivity contribution in [3.63, 3.8) is 0 Å². The van der Waals surface area contributed by atoms with Gasteiger partial charge in [-0.3, -0.25) is 0 Å². The van der Waals surface area contributed by atoms with E-state index in [4.69, 9.17) is 17.6 Å². The molecule has 0 fully saturated rings. The maximum Gasteiger partial charge on any atom is 0.0763 e. The molecule has 0 aliphatic heterocycles. The highest BCUT2D eigenvalue weighted by Gasteiger charge is 2.12. The Morgan fingerprint density at radius 1 is 0.514 bits per heavy atom. The molecule has 0 aromatic rings. The molecule has 0 saturated heterocycles. The van der Waals surface area contributed by atoms with E-state index in [0.29, 0.717) is 0 Å². The van der Waals surface area contributed by atoms with E-state index in [9.17, 15) is 0 Å². The zero-order valence-corrected chi connectivity index (χ0v) is 25.0. The van der Waals surface area contributed by atoms with Gasteiger partial charge in [-0.15, -0.1) is 24.7 Å². The van der Waals surface area contributed by atoms with Gasteiger partial charge >= 0.3 is 0 Å². The molecule has 2 unspecified atom stereocenters. The number of terminal acetylenes is 2. The molecule has 0 heterocycles. The molecule has 0 spiro atoms. The van der Waals surface area contributed by atoms with Gasteiger partial charge in [-0.05, 0) is 51.4 Å². The maximum absolute atomic E-state index is 6.77. The summed E-state index contributed by atoms with van der Waals surface area (Å²) >= 11 is 0. The van der Waals surface area contributed by atoms with Crippen LogP contribution in [0.1, 0.15) is 168 Å². The first-order chi connectivity index (χ1) is 18.3. The van der Waals surface area contributed by atoms with Crippen LogP contribution >= 0.6 is 0 Å². The summed E-state index contributed by atoms with van der Waals surface area (Å²) in [5.74, 6) is 5.52. The van der Waals surface area contributed by atoms with Gasteiger partial charge in [-0.1, -0.05) is 128 Å². The number of allylic oxidation sites excluding steroid dienone is 2. The fourth-order valence-electron chi connectivity index (χ4n) is 4.72. The quantitative estimate of drug-likeness (QED) is 0.0577. The van der Waals surface area contributed by atoms with Gasteiger partial charge in [0.1, 0.15) is 0 Å². The highest BCUT2D eigenvalue weighted by atomic mass is 16.5. The van der Waals surface area contributed by atoms with Crippen molar-refractivity contribution in [2.45, 2.75) is 180 Å². The summed E-state index contributed by atoms with van der Waals surface area (Å²) in [5, 5.41) is 0. The van der Waals surface area contributed by atoms with Crippen molar-refractivity contribution < 1.29 is 4.74 Å². The third kappa shape index (κ3) is 27.4. The summed E-state index contributed by atoms with van der Waals surface area (Å²) in [7, 11) is 0. The molecule has 2 atom stereocenters. The maximum atomic E-state index is 6.77. The standard InChI is InChI=1S/C36H62O/c1-5-9-13-17-21-25-29-33-35(31-27-23-19-15-11-7-3)37-36(32-28-24-20-16-12-8-4)34-30-26-22-18-14-10-6-2/h1-2,27-28,31-32,35-36H,7-26,29-30,33-34H2,3-4H3/b31-27+,32-28+. The fourth-order valence-corrected chi connectivity index (χ4v) is 4.72. The highest BCUT2D eigenvalue weighted by Crippen LogP contribution is 2.19. The van der Waals surface area contributed by atoms with Crippen molar-refractivity contribution in [1.29, 1.82) is 0 Å².